The Hall–Kier alpha value is -1.36. The van der Waals surface area contributed by atoms with E-state index in [1.165, 1.54) is 0 Å². The van der Waals surface area contributed by atoms with Gasteiger partial charge in [0.1, 0.15) is 5.67 Å². The van der Waals surface area contributed by atoms with E-state index in [1.54, 1.807) is 24.3 Å². The van der Waals surface area contributed by atoms with Gasteiger partial charge in [0.25, 0.3) is 0 Å². The summed E-state index contributed by atoms with van der Waals surface area (Å²) in [5.41, 5.74) is 0.207. The Bertz CT molecular complexity index is 343. The van der Waals surface area contributed by atoms with Gasteiger partial charge in [-0.15, -0.1) is 0 Å². The van der Waals surface area contributed by atoms with E-state index in [-0.39, 0.29) is 0 Å². The van der Waals surface area contributed by atoms with Gasteiger partial charge in [0, 0.05) is 0 Å². The fourth-order valence-corrected chi connectivity index (χ4v) is 1.61. The van der Waals surface area contributed by atoms with E-state index in [2.05, 4.69) is 4.85 Å². The lowest BCUT2D eigenvalue weighted by Gasteiger charge is -2.34. The standard InChI is InChI=1S/C11H10FN/c1-13-10-5-3-9(4-6-10)11(12)7-2-8-11/h3-6H,2,7-8H2. The topological polar surface area (TPSA) is 4.36 Å². The van der Waals surface area contributed by atoms with Crippen LogP contribution in [-0.4, -0.2) is 0 Å². The van der Waals surface area contributed by atoms with Gasteiger partial charge in [-0.3, -0.25) is 0 Å². The summed E-state index contributed by atoms with van der Waals surface area (Å²) in [6.07, 6.45) is 2.23. The van der Waals surface area contributed by atoms with Crippen LogP contribution < -0.4 is 0 Å². The number of nitrogens with zero attached hydrogens (tertiary/aromatic N) is 1. The molecule has 0 heterocycles. The second-order valence-electron chi connectivity index (χ2n) is 3.48. The number of alkyl halides is 1. The van der Waals surface area contributed by atoms with Crippen molar-refractivity contribution in [2.45, 2.75) is 24.9 Å². The van der Waals surface area contributed by atoms with Crippen LogP contribution in [0.5, 0.6) is 0 Å². The molecule has 0 radical (unpaired) electrons. The van der Waals surface area contributed by atoms with Crippen molar-refractivity contribution < 1.29 is 4.39 Å². The summed E-state index contributed by atoms with van der Waals surface area (Å²) in [7, 11) is 0. The second-order valence-corrected chi connectivity index (χ2v) is 3.48. The molecule has 1 nitrogen and oxygen atoms in total. The van der Waals surface area contributed by atoms with Crippen molar-refractivity contribution in [3.63, 3.8) is 0 Å². The minimum Gasteiger partial charge on any atom is -0.239 e. The van der Waals surface area contributed by atoms with Crippen LogP contribution in [0.25, 0.3) is 4.85 Å². The Labute approximate surface area is 77.0 Å². The lowest BCUT2D eigenvalue weighted by atomic mass is 9.77. The van der Waals surface area contributed by atoms with E-state index in [0.29, 0.717) is 18.5 Å². The molecule has 0 saturated heterocycles. The summed E-state index contributed by atoms with van der Waals surface area (Å²) in [6.45, 7) is 6.76. The van der Waals surface area contributed by atoms with Crippen molar-refractivity contribution in [3.8, 4) is 0 Å². The van der Waals surface area contributed by atoms with Crippen LogP contribution in [0, 0.1) is 6.57 Å². The first kappa shape index (κ1) is 8.25. The normalized spacial score (nSPS) is 18.8. The average molecular weight is 175 g/mol. The van der Waals surface area contributed by atoms with E-state index in [0.717, 1.165) is 12.0 Å². The largest absolute Gasteiger partial charge is 0.239 e. The molecule has 0 aliphatic heterocycles. The van der Waals surface area contributed by atoms with Gasteiger partial charge in [0.2, 0.25) is 0 Å². The molecule has 1 aliphatic rings. The van der Waals surface area contributed by atoms with Crippen LogP contribution in [0.4, 0.5) is 10.1 Å². The van der Waals surface area contributed by atoms with Crippen molar-refractivity contribution in [1.82, 2.24) is 0 Å². The molecular weight excluding hydrogens is 165 g/mol. The van der Waals surface area contributed by atoms with Crippen LogP contribution in [0.2, 0.25) is 0 Å². The first-order chi connectivity index (χ1) is 6.24. The zero-order valence-corrected chi connectivity index (χ0v) is 7.26. The highest BCUT2D eigenvalue weighted by Gasteiger charge is 2.38. The maximum absolute atomic E-state index is 13.8. The predicted molar refractivity (Wildman–Crippen MR) is 49.3 cm³/mol. The van der Waals surface area contributed by atoms with Gasteiger partial charge in [-0.05, 0) is 24.8 Å². The lowest BCUT2D eigenvalue weighted by molar-refractivity contribution is 0.0609. The minimum atomic E-state index is -1.10. The average Bonchev–Trinajstić information content (AvgIpc) is 2.14. The Morgan fingerprint density at radius 2 is 1.85 bits per heavy atom. The first-order valence-electron chi connectivity index (χ1n) is 4.41. The van der Waals surface area contributed by atoms with E-state index in [9.17, 15) is 4.39 Å². The molecule has 1 aromatic rings. The zero-order valence-electron chi connectivity index (χ0n) is 7.26. The van der Waals surface area contributed by atoms with E-state index in [4.69, 9.17) is 6.57 Å². The quantitative estimate of drug-likeness (QED) is 0.574. The van der Waals surface area contributed by atoms with Crippen molar-refractivity contribution in [3.05, 3.63) is 41.2 Å². The number of hydrogen-bond acceptors (Lipinski definition) is 0. The summed E-state index contributed by atoms with van der Waals surface area (Å²) in [6, 6.07) is 6.82. The third-order valence-electron chi connectivity index (χ3n) is 2.66. The van der Waals surface area contributed by atoms with Crippen molar-refractivity contribution in [2.75, 3.05) is 0 Å². The highest BCUT2D eigenvalue weighted by Crippen LogP contribution is 2.45. The molecule has 0 spiro atoms. The third kappa shape index (κ3) is 1.31. The lowest BCUT2D eigenvalue weighted by Crippen LogP contribution is -2.28. The van der Waals surface area contributed by atoms with Crippen molar-refractivity contribution in [1.29, 1.82) is 0 Å². The van der Waals surface area contributed by atoms with Gasteiger partial charge < -0.3 is 0 Å². The van der Waals surface area contributed by atoms with Crippen LogP contribution in [0.1, 0.15) is 24.8 Å². The van der Waals surface area contributed by atoms with Gasteiger partial charge in [-0.2, -0.15) is 0 Å². The molecule has 66 valence electrons. The molecule has 0 atom stereocenters. The third-order valence-corrected chi connectivity index (χ3v) is 2.66. The summed E-state index contributed by atoms with van der Waals surface area (Å²) >= 11 is 0. The smallest absolute Gasteiger partial charge is 0.187 e. The fraction of sp³-hybridized carbons (Fsp3) is 0.364. The number of benzene rings is 1. The minimum absolute atomic E-state index is 0.576. The second kappa shape index (κ2) is 2.85. The van der Waals surface area contributed by atoms with Crippen molar-refractivity contribution >= 4 is 5.69 Å². The van der Waals surface area contributed by atoms with Crippen molar-refractivity contribution in [2.24, 2.45) is 0 Å². The van der Waals surface area contributed by atoms with E-state index in [1.807, 2.05) is 0 Å². The maximum atomic E-state index is 13.8. The Morgan fingerprint density at radius 3 is 2.23 bits per heavy atom. The monoisotopic (exact) mass is 175 g/mol. The fourth-order valence-electron chi connectivity index (χ4n) is 1.61. The van der Waals surface area contributed by atoms with E-state index >= 15 is 0 Å². The summed E-state index contributed by atoms with van der Waals surface area (Å²) in [5, 5.41) is 0. The van der Waals surface area contributed by atoms with Gasteiger partial charge in [-0.25, -0.2) is 9.24 Å². The van der Waals surface area contributed by atoms with Crippen LogP contribution in [0.15, 0.2) is 24.3 Å². The molecular formula is C11H10FN. The molecule has 1 aromatic carbocycles. The van der Waals surface area contributed by atoms with Gasteiger partial charge in [0.05, 0.1) is 6.57 Å². The van der Waals surface area contributed by atoms with Gasteiger partial charge >= 0.3 is 0 Å². The maximum Gasteiger partial charge on any atom is 0.187 e. The number of rotatable bonds is 1. The summed E-state index contributed by atoms with van der Waals surface area (Å²) < 4.78 is 13.8. The summed E-state index contributed by atoms with van der Waals surface area (Å²) in [5.74, 6) is 0. The number of halogens is 1. The molecule has 2 rings (SSSR count). The Balaban J connectivity index is 2.28. The highest BCUT2D eigenvalue weighted by atomic mass is 19.1. The summed E-state index contributed by atoms with van der Waals surface area (Å²) in [4.78, 5) is 3.27. The van der Waals surface area contributed by atoms with Gasteiger partial charge in [-0.1, -0.05) is 24.3 Å². The molecule has 0 amide bonds. The molecule has 1 fully saturated rings. The first-order valence-corrected chi connectivity index (χ1v) is 4.41. The molecule has 0 unspecified atom stereocenters. The molecule has 1 aliphatic carbocycles. The highest BCUT2D eigenvalue weighted by molar-refractivity contribution is 5.46. The molecule has 13 heavy (non-hydrogen) atoms. The SMILES string of the molecule is [C-]#[N+]c1ccc(C2(F)CCC2)cc1. The van der Waals surface area contributed by atoms with E-state index < -0.39 is 5.67 Å². The molecule has 0 bridgehead atoms. The predicted octanol–water partition coefficient (Wildman–Crippen LogP) is 3.59. The number of hydrogen-bond donors (Lipinski definition) is 0. The van der Waals surface area contributed by atoms with Crippen LogP contribution >= 0.6 is 0 Å². The Kier molecular flexibility index (Phi) is 1.81. The van der Waals surface area contributed by atoms with Crippen LogP contribution in [0.3, 0.4) is 0 Å². The molecule has 1 saturated carbocycles. The molecule has 0 N–H and O–H groups in total. The molecule has 2 heteroatoms. The molecule has 0 aromatic heterocycles. The van der Waals surface area contributed by atoms with Crippen LogP contribution in [-0.2, 0) is 5.67 Å². The van der Waals surface area contributed by atoms with Gasteiger partial charge in [0.15, 0.2) is 5.69 Å². The Morgan fingerprint density at radius 1 is 1.23 bits per heavy atom. The zero-order chi connectivity index (χ0) is 9.31.